The number of benzene rings is 1. The lowest BCUT2D eigenvalue weighted by Gasteiger charge is -2.08. The van der Waals surface area contributed by atoms with Gasteiger partial charge in [0.05, 0.1) is 11.6 Å². The fourth-order valence-corrected chi connectivity index (χ4v) is 3.63. The number of carbonyl (C=O) groups excluding carboxylic acids is 3. The second-order valence-corrected chi connectivity index (χ2v) is 7.63. The van der Waals surface area contributed by atoms with E-state index in [1.165, 1.54) is 24.9 Å². The van der Waals surface area contributed by atoms with Crippen LogP contribution in [0.5, 0.6) is 0 Å². The SMILES string of the molecule is COC(=O)CN1C(=O)N/C(=C/c2cc(Br)c(Sc3ccc(Cl)cc3)o2)C1=O. The molecule has 1 N–H and O–H groups in total. The number of halogens is 2. The molecule has 0 bridgehead atoms. The van der Waals surface area contributed by atoms with E-state index < -0.39 is 24.5 Å². The zero-order valence-electron chi connectivity index (χ0n) is 13.8. The molecule has 1 aromatic heterocycles. The number of ether oxygens (including phenoxy) is 1. The van der Waals surface area contributed by atoms with E-state index in [1.807, 2.05) is 12.1 Å². The largest absolute Gasteiger partial charge is 0.468 e. The monoisotopic (exact) mass is 470 g/mol. The molecule has 7 nitrogen and oxygen atoms in total. The lowest BCUT2D eigenvalue weighted by atomic mass is 10.3. The molecule has 0 radical (unpaired) electrons. The molecule has 1 saturated heterocycles. The highest BCUT2D eigenvalue weighted by Gasteiger charge is 2.35. The number of rotatable bonds is 5. The van der Waals surface area contributed by atoms with Gasteiger partial charge in [0.25, 0.3) is 5.91 Å². The van der Waals surface area contributed by atoms with E-state index in [0.717, 1.165) is 9.80 Å². The van der Waals surface area contributed by atoms with Crippen LogP contribution in [0.3, 0.4) is 0 Å². The van der Waals surface area contributed by atoms with Crippen molar-refractivity contribution in [1.29, 1.82) is 0 Å². The fraction of sp³-hybridized carbons (Fsp3) is 0.118. The molecule has 0 atom stereocenters. The zero-order valence-corrected chi connectivity index (χ0v) is 17.0. The minimum atomic E-state index is -0.696. The maximum absolute atomic E-state index is 12.3. The Balaban J connectivity index is 1.77. The van der Waals surface area contributed by atoms with Gasteiger partial charge in [-0.3, -0.25) is 9.59 Å². The van der Waals surface area contributed by atoms with E-state index in [1.54, 1.807) is 18.2 Å². The van der Waals surface area contributed by atoms with Gasteiger partial charge in [0.1, 0.15) is 18.0 Å². The maximum Gasteiger partial charge on any atom is 0.329 e. The van der Waals surface area contributed by atoms with Crippen molar-refractivity contribution in [2.45, 2.75) is 9.99 Å². The third-order valence-corrected chi connectivity index (χ3v) is 5.56. The van der Waals surface area contributed by atoms with Gasteiger partial charge >= 0.3 is 12.0 Å². The molecule has 0 spiro atoms. The van der Waals surface area contributed by atoms with Crippen molar-refractivity contribution in [3.63, 3.8) is 0 Å². The van der Waals surface area contributed by atoms with Crippen LogP contribution in [0.25, 0.3) is 6.08 Å². The van der Waals surface area contributed by atoms with Crippen molar-refractivity contribution >= 4 is 63.3 Å². The van der Waals surface area contributed by atoms with Crippen molar-refractivity contribution in [3.8, 4) is 0 Å². The number of hydrogen-bond acceptors (Lipinski definition) is 6. The summed E-state index contributed by atoms with van der Waals surface area (Å²) in [5.41, 5.74) is 0.00759. The van der Waals surface area contributed by atoms with Crippen molar-refractivity contribution < 1.29 is 23.5 Å². The number of furan rings is 1. The average Bonchev–Trinajstić information content (AvgIpc) is 3.11. The highest BCUT2D eigenvalue weighted by atomic mass is 79.9. The van der Waals surface area contributed by atoms with E-state index >= 15 is 0 Å². The van der Waals surface area contributed by atoms with Crippen LogP contribution in [0.15, 0.2) is 54.9 Å². The molecule has 3 amide bonds. The lowest BCUT2D eigenvalue weighted by molar-refractivity contribution is -0.143. The van der Waals surface area contributed by atoms with E-state index in [4.69, 9.17) is 16.0 Å². The van der Waals surface area contributed by atoms with Gasteiger partial charge in [-0.15, -0.1) is 0 Å². The first-order chi connectivity index (χ1) is 12.9. The Bertz CT molecular complexity index is 941. The third-order valence-electron chi connectivity index (χ3n) is 3.46. The van der Waals surface area contributed by atoms with Crippen LogP contribution >= 0.6 is 39.3 Å². The van der Waals surface area contributed by atoms with Crippen molar-refractivity contribution in [3.05, 3.63) is 51.3 Å². The van der Waals surface area contributed by atoms with Gasteiger partial charge in [-0.2, -0.15) is 0 Å². The zero-order chi connectivity index (χ0) is 19.6. The van der Waals surface area contributed by atoms with Gasteiger partial charge in [-0.05, 0) is 46.3 Å². The molecule has 1 aromatic carbocycles. The Morgan fingerprint density at radius 3 is 2.74 bits per heavy atom. The van der Waals surface area contributed by atoms with E-state index in [0.29, 0.717) is 20.3 Å². The summed E-state index contributed by atoms with van der Waals surface area (Å²) in [4.78, 5) is 37.1. The summed E-state index contributed by atoms with van der Waals surface area (Å²) in [6.45, 7) is -0.460. The van der Waals surface area contributed by atoms with Crippen LogP contribution < -0.4 is 5.32 Å². The fourth-order valence-electron chi connectivity index (χ4n) is 2.17. The van der Waals surface area contributed by atoms with E-state index in [9.17, 15) is 14.4 Å². The number of amides is 3. The number of esters is 1. The first kappa shape index (κ1) is 19.5. The standard InChI is InChI=1S/C17H12BrClN2O5S/c1-25-14(22)8-21-15(23)13(20-17(21)24)7-10-6-12(18)16(26-10)27-11-4-2-9(19)3-5-11/h2-7H,8H2,1H3,(H,20,24)/b13-7+. The molecule has 10 heteroatoms. The van der Waals surface area contributed by atoms with Gasteiger partial charge in [0, 0.05) is 16.0 Å². The van der Waals surface area contributed by atoms with Crippen LogP contribution in [-0.4, -0.2) is 36.5 Å². The van der Waals surface area contributed by atoms with Crippen LogP contribution in [-0.2, 0) is 14.3 Å². The summed E-state index contributed by atoms with van der Waals surface area (Å²) in [6.07, 6.45) is 1.40. The maximum atomic E-state index is 12.3. The molecule has 0 aliphatic carbocycles. The number of hydrogen-bond donors (Lipinski definition) is 1. The third kappa shape index (κ3) is 4.55. The van der Waals surface area contributed by atoms with Crippen molar-refractivity contribution in [2.24, 2.45) is 0 Å². The number of imide groups is 1. The number of methoxy groups -OCH3 is 1. The van der Waals surface area contributed by atoms with Gasteiger partial charge in [0.15, 0.2) is 5.09 Å². The Kier molecular flexibility index (Phi) is 5.93. The van der Waals surface area contributed by atoms with Gasteiger partial charge in [-0.1, -0.05) is 23.4 Å². The Morgan fingerprint density at radius 1 is 1.37 bits per heavy atom. The number of nitrogens with zero attached hydrogens (tertiary/aromatic N) is 1. The lowest BCUT2D eigenvalue weighted by Crippen LogP contribution is -2.36. The summed E-state index contributed by atoms with van der Waals surface area (Å²) in [5.74, 6) is -0.964. The normalized spacial score (nSPS) is 15.4. The summed E-state index contributed by atoms with van der Waals surface area (Å²) in [6, 6.07) is 8.22. The topological polar surface area (TPSA) is 88.8 Å². The number of carbonyl (C=O) groups is 3. The molecule has 1 aliphatic heterocycles. The van der Waals surface area contributed by atoms with Crippen molar-refractivity contribution in [2.75, 3.05) is 13.7 Å². The van der Waals surface area contributed by atoms with Gasteiger partial charge in [0.2, 0.25) is 0 Å². The minimum absolute atomic E-state index is 0.00759. The molecule has 140 valence electrons. The molecular formula is C17H12BrClN2O5S. The smallest absolute Gasteiger partial charge is 0.329 e. The Morgan fingerprint density at radius 2 is 2.07 bits per heavy atom. The molecule has 3 rings (SSSR count). The van der Waals surface area contributed by atoms with E-state index in [-0.39, 0.29) is 5.70 Å². The van der Waals surface area contributed by atoms with Crippen molar-refractivity contribution in [1.82, 2.24) is 10.2 Å². The highest BCUT2D eigenvalue weighted by molar-refractivity contribution is 9.10. The van der Waals surface area contributed by atoms with Gasteiger partial charge in [-0.25, -0.2) is 9.69 Å². The van der Waals surface area contributed by atoms with Crippen LogP contribution in [0.4, 0.5) is 4.79 Å². The predicted molar refractivity (Wildman–Crippen MR) is 102 cm³/mol. The molecule has 1 aliphatic rings. The molecule has 0 unspecified atom stereocenters. The number of urea groups is 1. The summed E-state index contributed by atoms with van der Waals surface area (Å²) < 4.78 is 10.9. The molecular weight excluding hydrogens is 460 g/mol. The first-order valence-corrected chi connectivity index (χ1v) is 9.50. The Labute approximate surface area is 171 Å². The molecule has 27 heavy (non-hydrogen) atoms. The van der Waals surface area contributed by atoms with E-state index in [2.05, 4.69) is 26.0 Å². The summed E-state index contributed by atoms with van der Waals surface area (Å²) >= 11 is 10.6. The summed E-state index contributed by atoms with van der Waals surface area (Å²) in [5, 5.41) is 3.62. The highest BCUT2D eigenvalue weighted by Crippen LogP contribution is 2.37. The minimum Gasteiger partial charge on any atom is -0.468 e. The molecule has 1 fully saturated rings. The molecule has 2 aromatic rings. The van der Waals surface area contributed by atoms with Gasteiger partial charge < -0.3 is 14.5 Å². The van der Waals surface area contributed by atoms with Crippen LogP contribution in [0.1, 0.15) is 5.76 Å². The number of nitrogens with one attached hydrogen (secondary N) is 1. The predicted octanol–water partition coefficient (Wildman–Crippen LogP) is 3.91. The average molecular weight is 472 g/mol. The second-order valence-electron chi connectivity index (χ2n) is 5.30. The Hall–Kier alpha value is -2.23. The first-order valence-electron chi connectivity index (χ1n) is 7.51. The quantitative estimate of drug-likeness (QED) is 0.404. The molecule has 0 saturated carbocycles. The van der Waals surface area contributed by atoms with Crippen LogP contribution in [0.2, 0.25) is 5.02 Å². The summed E-state index contributed by atoms with van der Waals surface area (Å²) in [7, 11) is 1.18. The second kappa shape index (κ2) is 8.20. The molecule has 2 heterocycles. The van der Waals surface area contributed by atoms with Crippen LogP contribution in [0, 0.1) is 0 Å².